The Morgan fingerprint density at radius 1 is 1.50 bits per heavy atom. The molecule has 0 bridgehead atoms. The Balaban J connectivity index is 2.63. The van der Waals surface area contributed by atoms with Crippen LogP contribution in [0.25, 0.3) is 0 Å². The summed E-state index contributed by atoms with van der Waals surface area (Å²) in [6.07, 6.45) is 1.87. The van der Waals surface area contributed by atoms with Gasteiger partial charge in [-0.25, -0.2) is 4.98 Å². The van der Waals surface area contributed by atoms with E-state index in [1.54, 1.807) is 0 Å². The van der Waals surface area contributed by atoms with Crippen molar-refractivity contribution in [2.75, 3.05) is 25.1 Å². The van der Waals surface area contributed by atoms with Crippen LogP contribution in [0.3, 0.4) is 0 Å². The largest absolute Gasteiger partial charge is 0.394 e. The molecule has 1 atom stereocenters. The van der Waals surface area contributed by atoms with Crippen LogP contribution in [0.5, 0.6) is 0 Å². The van der Waals surface area contributed by atoms with E-state index in [0.29, 0.717) is 0 Å². The second-order valence-corrected chi connectivity index (χ2v) is 3.95. The highest BCUT2D eigenvalue weighted by Gasteiger charge is 2.09. The number of hydrogen-bond acceptors (Lipinski definition) is 4. The summed E-state index contributed by atoms with van der Waals surface area (Å²) in [6, 6.07) is 4.14. The van der Waals surface area contributed by atoms with Crippen LogP contribution in [0, 0.1) is 0 Å². The third kappa shape index (κ3) is 3.47. The molecule has 90 valence electrons. The smallest absolute Gasteiger partial charge is 0.128 e. The number of aliphatic hydroxyl groups excluding tert-OH is 1. The van der Waals surface area contributed by atoms with Crippen LogP contribution in [0.4, 0.5) is 5.82 Å². The first kappa shape index (κ1) is 12.9. The van der Waals surface area contributed by atoms with Crippen molar-refractivity contribution in [2.45, 2.75) is 26.4 Å². The van der Waals surface area contributed by atoms with Gasteiger partial charge in [0.05, 0.1) is 12.6 Å². The van der Waals surface area contributed by atoms with Crippen LogP contribution in [0.1, 0.15) is 19.4 Å². The molecule has 0 aliphatic rings. The number of nitrogens with one attached hydrogen (secondary N) is 1. The molecule has 0 aliphatic heterocycles. The van der Waals surface area contributed by atoms with Crippen molar-refractivity contribution in [2.24, 2.45) is 0 Å². The summed E-state index contributed by atoms with van der Waals surface area (Å²) in [4.78, 5) is 6.34. The van der Waals surface area contributed by atoms with Gasteiger partial charge in [0.1, 0.15) is 5.82 Å². The van der Waals surface area contributed by atoms with Crippen LogP contribution >= 0.6 is 0 Å². The van der Waals surface area contributed by atoms with Crippen molar-refractivity contribution in [3.05, 3.63) is 23.9 Å². The van der Waals surface area contributed by atoms with Crippen LogP contribution < -0.4 is 10.2 Å². The summed E-state index contributed by atoms with van der Waals surface area (Å²) in [5.74, 6) is 0.891. The molecule has 2 N–H and O–H groups in total. The first-order valence-corrected chi connectivity index (χ1v) is 5.68. The third-order valence-corrected chi connectivity index (χ3v) is 2.68. The Labute approximate surface area is 97.3 Å². The second-order valence-electron chi connectivity index (χ2n) is 3.95. The van der Waals surface area contributed by atoms with E-state index in [-0.39, 0.29) is 12.6 Å². The molecule has 4 nitrogen and oxygen atoms in total. The van der Waals surface area contributed by atoms with Crippen LogP contribution in [-0.2, 0) is 6.54 Å². The first-order chi connectivity index (χ1) is 7.69. The maximum atomic E-state index is 9.06. The van der Waals surface area contributed by atoms with Crippen LogP contribution in [0.15, 0.2) is 18.3 Å². The van der Waals surface area contributed by atoms with E-state index in [1.807, 2.05) is 31.1 Å². The average molecular weight is 223 g/mol. The lowest BCUT2D eigenvalue weighted by Gasteiger charge is -2.24. The molecular formula is C12H21N3O. The lowest BCUT2D eigenvalue weighted by Crippen LogP contribution is -2.32. The number of aliphatic hydroxyl groups is 1. The van der Waals surface area contributed by atoms with E-state index >= 15 is 0 Å². The molecule has 1 heterocycles. The Morgan fingerprint density at radius 2 is 2.25 bits per heavy atom. The van der Waals surface area contributed by atoms with E-state index in [9.17, 15) is 0 Å². The Hall–Kier alpha value is -1.13. The van der Waals surface area contributed by atoms with Gasteiger partial charge in [0.15, 0.2) is 0 Å². The molecule has 0 fully saturated rings. The molecule has 16 heavy (non-hydrogen) atoms. The van der Waals surface area contributed by atoms with Gasteiger partial charge in [-0.2, -0.15) is 0 Å². The molecule has 0 amide bonds. The average Bonchev–Trinajstić information content (AvgIpc) is 2.35. The molecule has 1 rings (SSSR count). The zero-order valence-electron chi connectivity index (χ0n) is 10.3. The minimum Gasteiger partial charge on any atom is -0.394 e. The van der Waals surface area contributed by atoms with Crippen LogP contribution in [-0.4, -0.2) is 36.3 Å². The number of anilines is 1. The number of rotatable bonds is 6. The van der Waals surface area contributed by atoms with Crippen molar-refractivity contribution < 1.29 is 5.11 Å². The molecule has 0 aliphatic carbocycles. The molecule has 4 heteroatoms. The topological polar surface area (TPSA) is 48.4 Å². The molecule has 0 radical (unpaired) electrons. The standard InChI is InChI=1S/C12H21N3O/c1-4-13-7-11-5-6-12(14-8-11)15(3)10(2)9-16/h5-6,8,10,13,16H,4,7,9H2,1-3H3. The zero-order valence-corrected chi connectivity index (χ0v) is 10.3. The molecule has 0 saturated heterocycles. The molecule has 0 aromatic carbocycles. The van der Waals surface area contributed by atoms with E-state index in [0.717, 1.165) is 18.9 Å². The number of hydrogen-bond donors (Lipinski definition) is 2. The molecule has 1 aromatic heterocycles. The summed E-state index contributed by atoms with van der Waals surface area (Å²) in [6.45, 7) is 6.00. The van der Waals surface area contributed by atoms with E-state index in [2.05, 4.69) is 23.3 Å². The van der Waals surface area contributed by atoms with E-state index in [1.165, 1.54) is 5.56 Å². The number of aromatic nitrogens is 1. The van der Waals surface area contributed by atoms with Crippen molar-refractivity contribution >= 4 is 5.82 Å². The van der Waals surface area contributed by atoms with Crippen molar-refractivity contribution in [1.82, 2.24) is 10.3 Å². The predicted octanol–water partition coefficient (Wildman–Crippen LogP) is 1.01. The molecule has 1 aromatic rings. The number of likely N-dealkylation sites (N-methyl/N-ethyl adjacent to an activating group) is 1. The quantitative estimate of drug-likeness (QED) is 0.755. The zero-order chi connectivity index (χ0) is 12.0. The normalized spacial score (nSPS) is 12.5. The predicted molar refractivity (Wildman–Crippen MR) is 66.6 cm³/mol. The number of nitrogens with zero attached hydrogens (tertiary/aromatic N) is 2. The summed E-state index contributed by atoms with van der Waals surface area (Å²) < 4.78 is 0. The van der Waals surface area contributed by atoms with Gasteiger partial charge in [-0.1, -0.05) is 13.0 Å². The fraction of sp³-hybridized carbons (Fsp3) is 0.583. The summed E-state index contributed by atoms with van der Waals surface area (Å²) in [5.41, 5.74) is 1.18. The molecule has 0 spiro atoms. The molecule has 0 saturated carbocycles. The minimum atomic E-state index is 0.0899. The highest BCUT2D eigenvalue weighted by Crippen LogP contribution is 2.12. The van der Waals surface area contributed by atoms with Gasteiger partial charge in [-0.05, 0) is 25.1 Å². The van der Waals surface area contributed by atoms with Crippen molar-refractivity contribution in [3.8, 4) is 0 Å². The summed E-state index contributed by atoms with van der Waals surface area (Å²) in [5, 5.41) is 12.3. The summed E-state index contributed by atoms with van der Waals surface area (Å²) >= 11 is 0. The van der Waals surface area contributed by atoms with Gasteiger partial charge in [0, 0.05) is 19.8 Å². The Bertz CT molecular complexity index is 300. The molecule has 1 unspecified atom stereocenters. The Morgan fingerprint density at radius 3 is 2.75 bits per heavy atom. The van der Waals surface area contributed by atoms with E-state index in [4.69, 9.17) is 5.11 Å². The minimum absolute atomic E-state index is 0.0899. The van der Waals surface area contributed by atoms with Gasteiger partial charge in [-0.3, -0.25) is 0 Å². The lowest BCUT2D eigenvalue weighted by atomic mass is 10.2. The monoisotopic (exact) mass is 223 g/mol. The maximum absolute atomic E-state index is 9.06. The SMILES string of the molecule is CCNCc1ccc(N(C)C(C)CO)nc1. The lowest BCUT2D eigenvalue weighted by molar-refractivity contribution is 0.270. The first-order valence-electron chi connectivity index (χ1n) is 5.68. The second kappa shape index (κ2) is 6.45. The third-order valence-electron chi connectivity index (χ3n) is 2.68. The fourth-order valence-corrected chi connectivity index (χ4v) is 1.35. The highest BCUT2D eigenvalue weighted by molar-refractivity contribution is 5.39. The fourth-order valence-electron chi connectivity index (χ4n) is 1.35. The maximum Gasteiger partial charge on any atom is 0.128 e. The number of pyridine rings is 1. The Kier molecular flexibility index (Phi) is 5.22. The van der Waals surface area contributed by atoms with Gasteiger partial charge in [-0.15, -0.1) is 0 Å². The highest BCUT2D eigenvalue weighted by atomic mass is 16.3. The van der Waals surface area contributed by atoms with Crippen molar-refractivity contribution in [1.29, 1.82) is 0 Å². The van der Waals surface area contributed by atoms with Crippen LogP contribution in [0.2, 0.25) is 0 Å². The van der Waals surface area contributed by atoms with E-state index < -0.39 is 0 Å². The van der Waals surface area contributed by atoms with Crippen molar-refractivity contribution in [3.63, 3.8) is 0 Å². The van der Waals surface area contributed by atoms with Gasteiger partial charge in [0.2, 0.25) is 0 Å². The summed E-state index contributed by atoms with van der Waals surface area (Å²) in [7, 11) is 1.94. The van der Waals surface area contributed by atoms with Gasteiger partial charge < -0.3 is 15.3 Å². The molecular weight excluding hydrogens is 202 g/mol. The van der Waals surface area contributed by atoms with Gasteiger partial charge in [0.25, 0.3) is 0 Å². The van der Waals surface area contributed by atoms with Gasteiger partial charge >= 0.3 is 0 Å².